The predicted molar refractivity (Wildman–Crippen MR) is 88.4 cm³/mol. The number of carbonyl (C=O) groups excluding carboxylic acids is 1. The van der Waals surface area contributed by atoms with Crippen molar-refractivity contribution < 1.29 is 9.53 Å². The summed E-state index contributed by atoms with van der Waals surface area (Å²) in [5.74, 6) is 0.663. The summed E-state index contributed by atoms with van der Waals surface area (Å²) in [6.07, 6.45) is 3.70. The molecule has 4 nitrogen and oxygen atoms in total. The molecule has 3 N–H and O–H groups in total. The number of anilines is 1. The standard InChI is InChI=1S/C15H21ClN2O2.ClH/c1-2-20-14-7-6-12(9-13(14)16)18-15(19)10-4-3-5-11(17)8-10;/h6-7,9-11H,2-5,8,17H2,1H3,(H,18,19);1H. The molecule has 2 atom stereocenters. The van der Waals surface area contributed by atoms with Gasteiger partial charge in [-0.1, -0.05) is 18.0 Å². The van der Waals surface area contributed by atoms with Crippen molar-refractivity contribution in [1.29, 1.82) is 0 Å². The van der Waals surface area contributed by atoms with Crippen LogP contribution in [-0.2, 0) is 4.79 Å². The zero-order valence-corrected chi connectivity index (χ0v) is 13.7. The third-order valence-electron chi connectivity index (χ3n) is 3.58. The Morgan fingerprint density at radius 3 is 2.86 bits per heavy atom. The summed E-state index contributed by atoms with van der Waals surface area (Å²) in [4.78, 5) is 12.2. The number of hydrogen-bond donors (Lipinski definition) is 2. The van der Waals surface area contributed by atoms with E-state index in [-0.39, 0.29) is 30.3 Å². The second-order valence-electron chi connectivity index (χ2n) is 5.19. The van der Waals surface area contributed by atoms with Crippen LogP contribution in [0.5, 0.6) is 5.75 Å². The monoisotopic (exact) mass is 332 g/mol. The van der Waals surface area contributed by atoms with Crippen molar-refractivity contribution in [3.05, 3.63) is 23.2 Å². The molecule has 1 aliphatic carbocycles. The van der Waals surface area contributed by atoms with E-state index in [1.165, 1.54) is 0 Å². The molecule has 0 bridgehead atoms. The number of rotatable bonds is 4. The zero-order chi connectivity index (χ0) is 14.5. The first-order valence-electron chi connectivity index (χ1n) is 7.09. The number of halogens is 2. The molecule has 0 aliphatic heterocycles. The average molecular weight is 333 g/mol. The Kier molecular flexibility index (Phi) is 7.29. The van der Waals surface area contributed by atoms with E-state index < -0.39 is 0 Å². The van der Waals surface area contributed by atoms with Gasteiger partial charge in [-0.05, 0) is 44.4 Å². The minimum atomic E-state index is 0. The van der Waals surface area contributed by atoms with Gasteiger partial charge in [0.1, 0.15) is 5.75 Å². The van der Waals surface area contributed by atoms with E-state index in [0.717, 1.165) is 25.7 Å². The van der Waals surface area contributed by atoms with E-state index in [0.29, 0.717) is 23.1 Å². The van der Waals surface area contributed by atoms with Crippen molar-refractivity contribution in [1.82, 2.24) is 0 Å². The van der Waals surface area contributed by atoms with Gasteiger partial charge in [0.2, 0.25) is 5.91 Å². The smallest absolute Gasteiger partial charge is 0.227 e. The van der Waals surface area contributed by atoms with Crippen molar-refractivity contribution in [3.63, 3.8) is 0 Å². The molecule has 1 aliphatic rings. The van der Waals surface area contributed by atoms with Gasteiger partial charge in [0.05, 0.1) is 11.6 Å². The number of nitrogens with two attached hydrogens (primary N) is 1. The van der Waals surface area contributed by atoms with E-state index >= 15 is 0 Å². The van der Waals surface area contributed by atoms with Crippen LogP contribution in [0.1, 0.15) is 32.6 Å². The topological polar surface area (TPSA) is 64.3 Å². The lowest BCUT2D eigenvalue weighted by atomic mass is 9.85. The average Bonchev–Trinajstić information content (AvgIpc) is 2.42. The fraction of sp³-hybridized carbons (Fsp3) is 0.533. The summed E-state index contributed by atoms with van der Waals surface area (Å²) < 4.78 is 5.37. The van der Waals surface area contributed by atoms with Gasteiger partial charge in [0.25, 0.3) is 0 Å². The van der Waals surface area contributed by atoms with Crippen LogP contribution in [0.4, 0.5) is 5.69 Å². The highest BCUT2D eigenvalue weighted by molar-refractivity contribution is 6.32. The summed E-state index contributed by atoms with van der Waals surface area (Å²) >= 11 is 6.10. The Morgan fingerprint density at radius 2 is 2.24 bits per heavy atom. The maximum Gasteiger partial charge on any atom is 0.227 e. The van der Waals surface area contributed by atoms with Crippen molar-refractivity contribution in [3.8, 4) is 5.75 Å². The van der Waals surface area contributed by atoms with E-state index in [2.05, 4.69) is 5.32 Å². The lowest BCUT2D eigenvalue weighted by Gasteiger charge is -2.25. The molecule has 2 unspecified atom stereocenters. The number of amides is 1. The van der Waals surface area contributed by atoms with Gasteiger partial charge in [-0.3, -0.25) is 4.79 Å². The molecule has 1 fully saturated rings. The van der Waals surface area contributed by atoms with E-state index in [1.54, 1.807) is 18.2 Å². The van der Waals surface area contributed by atoms with Gasteiger partial charge in [-0.15, -0.1) is 12.4 Å². The van der Waals surface area contributed by atoms with Crippen molar-refractivity contribution >= 4 is 35.6 Å². The Labute approximate surface area is 136 Å². The molecule has 1 aromatic carbocycles. The quantitative estimate of drug-likeness (QED) is 0.885. The fourth-order valence-electron chi connectivity index (χ4n) is 2.56. The molecular weight excluding hydrogens is 311 g/mol. The zero-order valence-electron chi connectivity index (χ0n) is 12.1. The Balaban J connectivity index is 0.00000220. The highest BCUT2D eigenvalue weighted by Gasteiger charge is 2.25. The Morgan fingerprint density at radius 1 is 1.48 bits per heavy atom. The summed E-state index contributed by atoms with van der Waals surface area (Å²) in [5.41, 5.74) is 6.61. The van der Waals surface area contributed by atoms with E-state index in [1.807, 2.05) is 6.92 Å². The maximum atomic E-state index is 12.2. The van der Waals surface area contributed by atoms with Crippen LogP contribution >= 0.6 is 24.0 Å². The largest absolute Gasteiger partial charge is 0.492 e. The molecular formula is C15H22Cl2N2O2. The van der Waals surface area contributed by atoms with Crippen LogP contribution in [0.15, 0.2) is 18.2 Å². The minimum Gasteiger partial charge on any atom is -0.492 e. The third-order valence-corrected chi connectivity index (χ3v) is 3.88. The Hall–Kier alpha value is -0.970. The molecule has 0 saturated heterocycles. The lowest BCUT2D eigenvalue weighted by molar-refractivity contribution is -0.120. The van der Waals surface area contributed by atoms with Crippen LogP contribution in [-0.4, -0.2) is 18.6 Å². The second kappa shape index (κ2) is 8.47. The number of ether oxygens (including phenoxy) is 1. The first-order valence-corrected chi connectivity index (χ1v) is 7.46. The highest BCUT2D eigenvalue weighted by atomic mass is 35.5. The molecule has 0 heterocycles. The lowest BCUT2D eigenvalue weighted by Crippen LogP contribution is -2.34. The summed E-state index contributed by atoms with van der Waals surface area (Å²) in [6, 6.07) is 5.43. The Bertz CT molecular complexity index is 483. The molecule has 6 heteroatoms. The molecule has 0 aromatic heterocycles. The van der Waals surface area contributed by atoms with Gasteiger partial charge in [0.15, 0.2) is 0 Å². The second-order valence-corrected chi connectivity index (χ2v) is 5.60. The number of benzene rings is 1. The van der Waals surface area contributed by atoms with Gasteiger partial charge in [0, 0.05) is 17.6 Å². The summed E-state index contributed by atoms with van der Waals surface area (Å²) in [6.45, 7) is 2.46. The first-order chi connectivity index (χ1) is 9.60. The molecule has 118 valence electrons. The molecule has 21 heavy (non-hydrogen) atoms. The van der Waals surface area contributed by atoms with Crippen LogP contribution in [0.3, 0.4) is 0 Å². The molecule has 1 amide bonds. The van der Waals surface area contributed by atoms with Gasteiger partial charge in [-0.25, -0.2) is 0 Å². The number of nitrogens with one attached hydrogen (secondary N) is 1. The molecule has 1 aromatic rings. The highest BCUT2D eigenvalue weighted by Crippen LogP contribution is 2.29. The number of hydrogen-bond acceptors (Lipinski definition) is 3. The molecule has 1 saturated carbocycles. The van der Waals surface area contributed by atoms with Crippen molar-refractivity contribution in [2.45, 2.75) is 38.6 Å². The molecule has 0 radical (unpaired) electrons. The first kappa shape index (κ1) is 18.1. The molecule has 0 spiro atoms. The van der Waals surface area contributed by atoms with Crippen molar-refractivity contribution in [2.75, 3.05) is 11.9 Å². The summed E-state index contributed by atoms with van der Waals surface area (Å²) in [7, 11) is 0. The maximum absolute atomic E-state index is 12.2. The summed E-state index contributed by atoms with van der Waals surface area (Å²) in [5, 5.41) is 3.41. The van der Waals surface area contributed by atoms with E-state index in [9.17, 15) is 4.79 Å². The number of carbonyl (C=O) groups is 1. The van der Waals surface area contributed by atoms with Crippen molar-refractivity contribution in [2.24, 2.45) is 11.7 Å². The van der Waals surface area contributed by atoms with Gasteiger partial charge < -0.3 is 15.8 Å². The van der Waals surface area contributed by atoms with Gasteiger partial charge in [-0.2, -0.15) is 0 Å². The predicted octanol–water partition coefficient (Wildman–Crippen LogP) is 3.62. The van der Waals surface area contributed by atoms with Crippen LogP contribution < -0.4 is 15.8 Å². The van der Waals surface area contributed by atoms with Crippen LogP contribution in [0.25, 0.3) is 0 Å². The third kappa shape index (κ3) is 5.06. The van der Waals surface area contributed by atoms with Crippen LogP contribution in [0, 0.1) is 5.92 Å². The SMILES string of the molecule is CCOc1ccc(NC(=O)C2CCCC(N)C2)cc1Cl.Cl. The minimum absolute atomic E-state index is 0. The molecule has 2 rings (SSSR count). The fourth-order valence-corrected chi connectivity index (χ4v) is 2.80. The normalized spacial score (nSPS) is 21.3. The van der Waals surface area contributed by atoms with Gasteiger partial charge >= 0.3 is 0 Å². The van der Waals surface area contributed by atoms with E-state index in [4.69, 9.17) is 22.1 Å². The van der Waals surface area contributed by atoms with Crippen LogP contribution in [0.2, 0.25) is 5.02 Å².